The Labute approximate surface area is 84.1 Å². The smallest absolute Gasteiger partial charge is 0.0386 e. The lowest BCUT2D eigenvalue weighted by Crippen LogP contribution is -2.07. The second kappa shape index (κ2) is 6.45. The average molecular weight is 181 g/mol. The van der Waals surface area contributed by atoms with E-state index in [-0.39, 0.29) is 0 Å². The van der Waals surface area contributed by atoms with Gasteiger partial charge in [0.05, 0.1) is 0 Å². The van der Waals surface area contributed by atoms with Gasteiger partial charge in [0.1, 0.15) is 0 Å². The SMILES string of the molecule is [CH2]C(CCCCCC)C1CCCC1. The van der Waals surface area contributed by atoms with E-state index in [0.29, 0.717) is 0 Å². The molecule has 0 aromatic carbocycles. The van der Waals surface area contributed by atoms with E-state index < -0.39 is 0 Å². The fourth-order valence-electron chi connectivity index (χ4n) is 2.50. The molecule has 1 fully saturated rings. The number of hydrogen-bond acceptors (Lipinski definition) is 0. The summed E-state index contributed by atoms with van der Waals surface area (Å²) in [4.78, 5) is 0. The van der Waals surface area contributed by atoms with Crippen molar-refractivity contribution < 1.29 is 0 Å². The first kappa shape index (κ1) is 11.1. The molecule has 0 spiro atoms. The Hall–Kier alpha value is 0. The molecule has 1 rings (SSSR count). The van der Waals surface area contributed by atoms with Crippen molar-refractivity contribution >= 4 is 0 Å². The van der Waals surface area contributed by atoms with Gasteiger partial charge in [0.25, 0.3) is 0 Å². The van der Waals surface area contributed by atoms with Crippen molar-refractivity contribution in [3.8, 4) is 0 Å². The number of hydrogen-bond donors (Lipinski definition) is 0. The zero-order chi connectivity index (χ0) is 9.52. The fraction of sp³-hybridized carbons (Fsp3) is 0.923. The fourth-order valence-corrected chi connectivity index (χ4v) is 2.50. The lowest BCUT2D eigenvalue weighted by Gasteiger charge is -2.18. The Morgan fingerprint density at radius 1 is 1.15 bits per heavy atom. The standard InChI is InChI=1S/C13H25/c1-3-4-5-6-9-12(2)13-10-7-8-11-13/h12-13H,2-11H2,1H3. The van der Waals surface area contributed by atoms with Crippen molar-refractivity contribution in [3.05, 3.63) is 6.92 Å². The molecule has 0 heteroatoms. The molecule has 77 valence electrons. The van der Waals surface area contributed by atoms with Crippen LogP contribution >= 0.6 is 0 Å². The van der Waals surface area contributed by atoms with Gasteiger partial charge in [0.15, 0.2) is 0 Å². The molecule has 0 aromatic heterocycles. The van der Waals surface area contributed by atoms with Gasteiger partial charge in [-0.25, -0.2) is 0 Å². The molecule has 0 bridgehead atoms. The van der Waals surface area contributed by atoms with Crippen LogP contribution in [0.1, 0.15) is 64.7 Å². The van der Waals surface area contributed by atoms with Crippen LogP contribution in [0.4, 0.5) is 0 Å². The highest BCUT2D eigenvalue weighted by molar-refractivity contribution is 4.76. The maximum Gasteiger partial charge on any atom is -0.0386 e. The third-order valence-electron chi connectivity index (χ3n) is 3.49. The predicted molar refractivity (Wildman–Crippen MR) is 59.6 cm³/mol. The maximum absolute atomic E-state index is 4.32. The Bertz CT molecular complexity index is 111. The molecule has 0 heterocycles. The third kappa shape index (κ3) is 4.15. The summed E-state index contributed by atoms with van der Waals surface area (Å²) in [6.07, 6.45) is 12.8. The Balaban J connectivity index is 1.99. The van der Waals surface area contributed by atoms with Crippen LogP contribution < -0.4 is 0 Å². The molecule has 13 heavy (non-hydrogen) atoms. The van der Waals surface area contributed by atoms with E-state index >= 15 is 0 Å². The molecule has 0 saturated heterocycles. The van der Waals surface area contributed by atoms with Crippen molar-refractivity contribution in [1.82, 2.24) is 0 Å². The van der Waals surface area contributed by atoms with Gasteiger partial charge in [-0.15, -0.1) is 0 Å². The van der Waals surface area contributed by atoms with Crippen molar-refractivity contribution in [2.45, 2.75) is 64.7 Å². The van der Waals surface area contributed by atoms with Crippen LogP contribution in [0.25, 0.3) is 0 Å². The van der Waals surface area contributed by atoms with Crippen molar-refractivity contribution in [2.24, 2.45) is 11.8 Å². The summed E-state index contributed by atoms with van der Waals surface area (Å²) >= 11 is 0. The van der Waals surface area contributed by atoms with Gasteiger partial charge in [0, 0.05) is 0 Å². The highest BCUT2D eigenvalue weighted by Crippen LogP contribution is 2.33. The Morgan fingerprint density at radius 3 is 2.46 bits per heavy atom. The largest absolute Gasteiger partial charge is 0.0654 e. The van der Waals surface area contributed by atoms with Crippen LogP contribution in [-0.4, -0.2) is 0 Å². The quantitative estimate of drug-likeness (QED) is 0.525. The molecule has 1 atom stereocenters. The van der Waals surface area contributed by atoms with Gasteiger partial charge < -0.3 is 0 Å². The van der Waals surface area contributed by atoms with Crippen molar-refractivity contribution in [2.75, 3.05) is 0 Å². The molecule has 0 N–H and O–H groups in total. The summed E-state index contributed by atoms with van der Waals surface area (Å²) in [5.74, 6) is 1.74. The lowest BCUT2D eigenvalue weighted by atomic mass is 9.88. The normalized spacial score (nSPS) is 20.8. The maximum atomic E-state index is 4.32. The predicted octanol–water partition coefficient (Wildman–Crippen LogP) is 4.60. The second-order valence-corrected chi connectivity index (χ2v) is 4.65. The van der Waals surface area contributed by atoms with Crippen molar-refractivity contribution in [3.63, 3.8) is 0 Å². The molecule has 0 aliphatic heterocycles. The van der Waals surface area contributed by atoms with E-state index in [1.54, 1.807) is 0 Å². The Kier molecular flexibility index (Phi) is 5.50. The minimum Gasteiger partial charge on any atom is -0.0654 e. The third-order valence-corrected chi connectivity index (χ3v) is 3.49. The molecule has 0 aromatic rings. The molecule has 1 unspecified atom stereocenters. The van der Waals surface area contributed by atoms with Gasteiger partial charge in [-0.05, 0) is 18.8 Å². The first-order valence-electron chi connectivity index (χ1n) is 6.17. The zero-order valence-electron chi connectivity index (χ0n) is 9.23. The van der Waals surface area contributed by atoms with E-state index in [9.17, 15) is 0 Å². The van der Waals surface area contributed by atoms with Crippen LogP contribution in [0.3, 0.4) is 0 Å². The molecule has 1 aliphatic rings. The van der Waals surface area contributed by atoms with Crippen molar-refractivity contribution in [1.29, 1.82) is 0 Å². The van der Waals surface area contributed by atoms with E-state index in [4.69, 9.17) is 0 Å². The lowest BCUT2D eigenvalue weighted by molar-refractivity contribution is 0.366. The summed E-state index contributed by atoms with van der Waals surface area (Å²) in [6, 6.07) is 0. The summed E-state index contributed by atoms with van der Waals surface area (Å²) < 4.78 is 0. The minimum absolute atomic E-state index is 0.763. The van der Waals surface area contributed by atoms with E-state index in [1.807, 2.05) is 0 Å². The van der Waals surface area contributed by atoms with E-state index in [2.05, 4.69) is 13.8 Å². The zero-order valence-corrected chi connectivity index (χ0v) is 9.23. The summed E-state index contributed by atoms with van der Waals surface area (Å²) in [6.45, 7) is 6.59. The van der Waals surface area contributed by atoms with Crippen LogP contribution in [0, 0.1) is 18.8 Å². The first-order chi connectivity index (χ1) is 6.34. The highest BCUT2D eigenvalue weighted by atomic mass is 14.3. The first-order valence-corrected chi connectivity index (χ1v) is 6.17. The molecule has 1 aliphatic carbocycles. The van der Waals surface area contributed by atoms with E-state index in [0.717, 1.165) is 11.8 Å². The molecule has 1 saturated carbocycles. The average Bonchev–Trinajstić information content (AvgIpc) is 2.65. The Morgan fingerprint density at radius 2 is 1.85 bits per heavy atom. The molecule has 0 nitrogen and oxygen atoms in total. The summed E-state index contributed by atoms with van der Waals surface area (Å²) in [5.41, 5.74) is 0. The monoisotopic (exact) mass is 181 g/mol. The van der Waals surface area contributed by atoms with Gasteiger partial charge in [-0.1, -0.05) is 64.7 Å². The van der Waals surface area contributed by atoms with Gasteiger partial charge >= 0.3 is 0 Å². The molecular weight excluding hydrogens is 156 g/mol. The van der Waals surface area contributed by atoms with Crippen LogP contribution in [0.2, 0.25) is 0 Å². The van der Waals surface area contributed by atoms with Gasteiger partial charge in [0.2, 0.25) is 0 Å². The summed E-state index contributed by atoms with van der Waals surface area (Å²) in [5, 5.41) is 0. The molecular formula is C13H25. The van der Waals surface area contributed by atoms with Gasteiger partial charge in [-0.3, -0.25) is 0 Å². The van der Waals surface area contributed by atoms with Crippen LogP contribution in [0.5, 0.6) is 0 Å². The van der Waals surface area contributed by atoms with Gasteiger partial charge in [-0.2, -0.15) is 0 Å². The highest BCUT2D eigenvalue weighted by Gasteiger charge is 2.20. The summed E-state index contributed by atoms with van der Waals surface area (Å²) in [7, 11) is 0. The second-order valence-electron chi connectivity index (χ2n) is 4.65. The minimum atomic E-state index is 0.763. The molecule has 0 amide bonds. The van der Waals surface area contributed by atoms with E-state index in [1.165, 1.54) is 57.8 Å². The van der Waals surface area contributed by atoms with Crippen LogP contribution in [0.15, 0.2) is 0 Å². The number of unbranched alkanes of at least 4 members (excludes halogenated alkanes) is 3. The topological polar surface area (TPSA) is 0 Å². The van der Waals surface area contributed by atoms with Crippen LogP contribution in [-0.2, 0) is 0 Å². The molecule has 1 radical (unpaired) electrons. The number of rotatable bonds is 6.